The van der Waals surface area contributed by atoms with Crippen LogP contribution in [0, 0.1) is 5.82 Å². The Morgan fingerprint density at radius 2 is 2.22 bits per heavy atom. The fraction of sp³-hybridized carbons (Fsp3) is 0.333. The summed E-state index contributed by atoms with van der Waals surface area (Å²) in [7, 11) is 0. The van der Waals surface area contributed by atoms with Crippen molar-refractivity contribution in [3.63, 3.8) is 0 Å². The molecule has 1 heterocycles. The van der Waals surface area contributed by atoms with Gasteiger partial charge in [-0.3, -0.25) is 9.59 Å². The molecule has 6 heteroatoms. The summed E-state index contributed by atoms with van der Waals surface area (Å²) in [4.78, 5) is 24.1. The van der Waals surface area contributed by atoms with Crippen LogP contribution in [0.15, 0.2) is 18.2 Å². The molecule has 18 heavy (non-hydrogen) atoms. The van der Waals surface area contributed by atoms with Gasteiger partial charge in [0.05, 0.1) is 13.2 Å². The van der Waals surface area contributed by atoms with Gasteiger partial charge in [-0.25, -0.2) is 4.39 Å². The number of hydrogen-bond acceptors (Lipinski definition) is 3. The van der Waals surface area contributed by atoms with E-state index in [0.29, 0.717) is 12.3 Å². The van der Waals surface area contributed by atoms with E-state index < -0.39 is 5.82 Å². The number of ether oxygens (including phenoxy) is 1. The zero-order valence-electron chi connectivity index (χ0n) is 9.90. The summed E-state index contributed by atoms with van der Waals surface area (Å²) in [6, 6.07) is 4.21. The van der Waals surface area contributed by atoms with Gasteiger partial charge in [-0.1, -0.05) is 0 Å². The molecule has 0 saturated carbocycles. The maximum absolute atomic E-state index is 13.7. The van der Waals surface area contributed by atoms with Crippen LogP contribution in [0.3, 0.4) is 0 Å². The molecule has 2 rings (SSSR count). The third kappa shape index (κ3) is 2.42. The standard InChI is InChI=1S/C12H13FN2O3/c1-2-18-10-4-3-8(5-9(10)13)15-7-11(16)14-6-12(15)17/h3-5H,2,6-7H2,1H3,(H,14,16). The second kappa shape index (κ2) is 5.03. The Balaban J connectivity index is 2.25. The molecule has 1 aromatic carbocycles. The highest BCUT2D eigenvalue weighted by Crippen LogP contribution is 2.24. The first-order valence-corrected chi connectivity index (χ1v) is 5.61. The molecule has 0 unspecified atom stereocenters. The summed E-state index contributed by atoms with van der Waals surface area (Å²) >= 11 is 0. The van der Waals surface area contributed by atoms with Crippen LogP contribution in [0.5, 0.6) is 5.75 Å². The molecule has 0 spiro atoms. The Morgan fingerprint density at radius 3 is 2.89 bits per heavy atom. The number of anilines is 1. The van der Waals surface area contributed by atoms with Crippen molar-refractivity contribution in [1.29, 1.82) is 0 Å². The van der Waals surface area contributed by atoms with Crippen molar-refractivity contribution in [3.05, 3.63) is 24.0 Å². The number of halogens is 1. The molecule has 0 aliphatic carbocycles. The molecule has 1 fully saturated rings. The van der Waals surface area contributed by atoms with Gasteiger partial charge in [-0.05, 0) is 19.1 Å². The van der Waals surface area contributed by atoms with Crippen LogP contribution in [0.25, 0.3) is 0 Å². The van der Waals surface area contributed by atoms with E-state index >= 15 is 0 Å². The summed E-state index contributed by atoms with van der Waals surface area (Å²) in [6.45, 7) is 1.97. The van der Waals surface area contributed by atoms with Crippen LogP contribution in [-0.2, 0) is 9.59 Å². The molecule has 1 aliphatic heterocycles. The molecule has 0 aromatic heterocycles. The molecule has 0 radical (unpaired) electrons. The summed E-state index contributed by atoms with van der Waals surface area (Å²) < 4.78 is 18.7. The molecule has 1 aromatic rings. The number of rotatable bonds is 3. The van der Waals surface area contributed by atoms with Crippen LogP contribution in [-0.4, -0.2) is 31.5 Å². The lowest BCUT2D eigenvalue weighted by atomic mass is 10.2. The predicted molar refractivity (Wildman–Crippen MR) is 62.9 cm³/mol. The van der Waals surface area contributed by atoms with Crippen molar-refractivity contribution in [2.75, 3.05) is 24.6 Å². The number of nitrogens with zero attached hydrogens (tertiary/aromatic N) is 1. The highest BCUT2D eigenvalue weighted by Gasteiger charge is 2.25. The largest absolute Gasteiger partial charge is 0.491 e. The molecule has 0 atom stereocenters. The summed E-state index contributed by atoms with van der Waals surface area (Å²) in [5.41, 5.74) is 0.357. The molecule has 1 N–H and O–H groups in total. The lowest BCUT2D eigenvalue weighted by Crippen LogP contribution is -2.51. The summed E-state index contributed by atoms with van der Waals surface area (Å²) in [5, 5.41) is 2.43. The van der Waals surface area contributed by atoms with E-state index in [-0.39, 0.29) is 30.7 Å². The minimum absolute atomic E-state index is 0.0618. The Bertz CT molecular complexity index is 490. The first kappa shape index (κ1) is 12.3. The highest BCUT2D eigenvalue weighted by atomic mass is 19.1. The van der Waals surface area contributed by atoms with Crippen LogP contribution in [0.1, 0.15) is 6.92 Å². The fourth-order valence-corrected chi connectivity index (χ4v) is 1.72. The van der Waals surface area contributed by atoms with Crippen molar-refractivity contribution < 1.29 is 18.7 Å². The van der Waals surface area contributed by atoms with E-state index in [1.54, 1.807) is 13.0 Å². The van der Waals surface area contributed by atoms with E-state index in [9.17, 15) is 14.0 Å². The van der Waals surface area contributed by atoms with E-state index in [1.807, 2.05) is 0 Å². The van der Waals surface area contributed by atoms with E-state index in [4.69, 9.17) is 4.74 Å². The minimum Gasteiger partial charge on any atom is -0.491 e. The molecular weight excluding hydrogens is 239 g/mol. The lowest BCUT2D eigenvalue weighted by Gasteiger charge is -2.26. The van der Waals surface area contributed by atoms with Crippen LogP contribution in [0.2, 0.25) is 0 Å². The molecule has 1 saturated heterocycles. The van der Waals surface area contributed by atoms with Gasteiger partial charge in [0.15, 0.2) is 11.6 Å². The maximum atomic E-state index is 13.7. The average Bonchev–Trinajstić information content (AvgIpc) is 2.35. The maximum Gasteiger partial charge on any atom is 0.246 e. The first-order chi connectivity index (χ1) is 8.61. The number of piperazine rings is 1. The number of amides is 2. The topological polar surface area (TPSA) is 58.6 Å². The molecule has 96 valence electrons. The highest BCUT2D eigenvalue weighted by molar-refractivity contribution is 6.04. The number of nitrogens with one attached hydrogen (secondary N) is 1. The SMILES string of the molecule is CCOc1ccc(N2CC(=O)NCC2=O)cc1F. The second-order valence-corrected chi connectivity index (χ2v) is 3.80. The smallest absolute Gasteiger partial charge is 0.246 e. The van der Waals surface area contributed by atoms with E-state index in [0.717, 1.165) is 0 Å². The Hall–Kier alpha value is -2.11. The molecule has 2 amide bonds. The van der Waals surface area contributed by atoms with Crippen molar-refractivity contribution in [3.8, 4) is 5.75 Å². The van der Waals surface area contributed by atoms with Crippen molar-refractivity contribution >= 4 is 17.5 Å². The van der Waals surface area contributed by atoms with E-state index in [1.165, 1.54) is 17.0 Å². The molecule has 5 nitrogen and oxygen atoms in total. The number of carbonyl (C=O) groups is 2. The van der Waals surface area contributed by atoms with Gasteiger partial charge in [0.1, 0.15) is 6.54 Å². The Kier molecular flexibility index (Phi) is 3.45. The van der Waals surface area contributed by atoms with Crippen molar-refractivity contribution in [2.45, 2.75) is 6.92 Å². The fourth-order valence-electron chi connectivity index (χ4n) is 1.72. The minimum atomic E-state index is -0.548. The number of carbonyl (C=O) groups excluding carboxylic acids is 2. The number of hydrogen-bond donors (Lipinski definition) is 1. The molecular formula is C12H13FN2O3. The normalized spacial score (nSPS) is 15.6. The third-order valence-electron chi connectivity index (χ3n) is 2.57. The third-order valence-corrected chi connectivity index (χ3v) is 2.57. The van der Waals surface area contributed by atoms with Gasteiger partial charge >= 0.3 is 0 Å². The van der Waals surface area contributed by atoms with Gasteiger partial charge in [-0.15, -0.1) is 0 Å². The first-order valence-electron chi connectivity index (χ1n) is 5.61. The van der Waals surface area contributed by atoms with Crippen LogP contribution in [0.4, 0.5) is 10.1 Å². The average molecular weight is 252 g/mol. The van der Waals surface area contributed by atoms with Crippen molar-refractivity contribution in [1.82, 2.24) is 5.32 Å². The molecule has 1 aliphatic rings. The lowest BCUT2D eigenvalue weighted by molar-refractivity contribution is -0.128. The summed E-state index contributed by atoms with van der Waals surface area (Å²) in [5.74, 6) is -0.939. The monoisotopic (exact) mass is 252 g/mol. The van der Waals surface area contributed by atoms with Crippen LogP contribution < -0.4 is 15.0 Å². The molecule has 0 bridgehead atoms. The van der Waals surface area contributed by atoms with Gasteiger partial charge in [0.25, 0.3) is 0 Å². The number of benzene rings is 1. The Labute approximate surface area is 104 Å². The van der Waals surface area contributed by atoms with Gasteiger partial charge in [0.2, 0.25) is 11.8 Å². The predicted octanol–water partition coefficient (Wildman–Crippen LogP) is 0.687. The van der Waals surface area contributed by atoms with Gasteiger partial charge in [-0.2, -0.15) is 0 Å². The summed E-state index contributed by atoms with van der Waals surface area (Å²) in [6.07, 6.45) is 0. The quantitative estimate of drug-likeness (QED) is 0.861. The van der Waals surface area contributed by atoms with Gasteiger partial charge < -0.3 is 15.0 Å². The van der Waals surface area contributed by atoms with E-state index in [2.05, 4.69) is 5.32 Å². The van der Waals surface area contributed by atoms with Gasteiger partial charge in [0, 0.05) is 11.8 Å². The second-order valence-electron chi connectivity index (χ2n) is 3.80. The zero-order valence-corrected chi connectivity index (χ0v) is 9.90. The Morgan fingerprint density at radius 1 is 1.44 bits per heavy atom. The van der Waals surface area contributed by atoms with Crippen LogP contribution >= 0.6 is 0 Å². The zero-order chi connectivity index (χ0) is 13.1. The van der Waals surface area contributed by atoms with Crippen molar-refractivity contribution in [2.24, 2.45) is 0 Å².